The number of aryl methyl sites for hydroxylation is 2. The quantitative estimate of drug-likeness (QED) is 0.838. The van der Waals surface area contributed by atoms with Gasteiger partial charge in [0, 0.05) is 19.7 Å². The molecule has 3 heterocycles. The molecule has 1 saturated heterocycles. The van der Waals surface area contributed by atoms with E-state index in [2.05, 4.69) is 20.6 Å². The van der Waals surface area contributed by atoms with Crippen LogP contribution in [0.2, 0.25) is 0 Å². The van der Waals surface area contributed by atoms with E-state index in [1.165, 1.54) is 24.6 Å². The third-order valence-corrected chi connectivity index (χ3v) is 5.99. The summed E-state index contributed by atoms with van der Waals surface area (Å²) in [7, 11) is 1.87. The van der Waals surface area contributed by atoms with Gasteiger partial charge in [0.2, 0.25) is 11.1 Å². The fraction of sp³-hybridized carbons (Fsp3) is 0.667. The van der Waals surface area contributed by atoms with E-state index < -0.39 is 0 Å². The van der Waals surface area contributed by atoms with Crippen LogP contribution >= 0.6 is 11.8 Å². The van der Waals surface area contributed by atoms with Gasteiger partial charge < -0.3 is 0 Å². The lowest BCUT2D eigenvalue weighted by molar-refractivity contribution is -0.116. The number of hydrogen-bond acceptors (Lipinski definition) is 6. The molecule has 8 nitrogen and oxygen atoms in total. The molecule has 2 aliphatic rings. The van der Waals surface area contributed by atoms with Crippen molar-refractivity contribution in [1.29, 1.82) is 0 Å². The van der Waals surface area contributed by atoms with E-state index in [0.29, 0.717) is 12.6 Å². The topological polar surface area (TPSA) is 81.7 Å². The van der Waals surface area contributed by atoms with E-state index in [9.17, 15) is 4.79 Å². The van der Waals surface area contributed by atoms with Crippen molar-refractivity contribution in [3.05, 3.63) is 11.8 Å². The molecule has 1 amide bonds. The zero-order chi connectivity index (χ0) is 16.7. The third-order valence-electron chi connectivity index (χ3n) is 4.79. The molecule has 9 heteroatoms. The maximum Gasteiger partial charge on any atom is 0.241 e. The van der Waals surface area contributed by atoms with Crippen LogP contribution in [0.1, 0.15) is 43.8 Å². The highest BCUT2D eigenvalue weighted by Crippen LogP contribution is 2.35. The molecule has 0 unspecified atom stereocenters. The predicted molar refractivity (Wildman–Crippen MR) is 89.9 cm³/mol. The molecular formula is C15H21N7OS. The number of anilines is 1. The molecule has 0 radical (unpaired) electrons. The number of nitrogens with zero attached hydrogens (tertiary/aromatic N) is 7. The maximum atomic E-state index is 12.8. The minimum atomic E-state index is -0.133. The second-order valence-electron chi connectivity index (χ2n) is 6.50. The lowest BCUT2D eigenvalue weighted by Gasteiger charge is -2.16. The fourth-order valence-corrected chi connectivity index (χ4v) is 4.69. The van der Waals surface area contributed by atoms with Gasteiger partial charge in [-0.1, -0.05) is 24.6 Å². The van der Waals surface area contributed by atoms with Crippen LogP contribution in [0.3, 0.4) is 0 Å². The maximum absolute atomic E-state index is 12.8. The highest BCUT2D eigenvalue weighted by atomic mass is 32.2. The van der Waals surface area contributed by atoms with Crippen LogP contribution in [0, 0.1) is 6.92 Å². The summed E-state index contributed by atoms with van der Waals surface area (Å²) in [6.45, 7) is 2.65. The van der Waals surface area contributed by atoms with Crippen LogP contribution in [0.15, 0.2) is 11.2 Å². The van der Waals surface area contributed by atoms with Crippen LogP contribution in [-0.4, -0.2) is 47.7 Å². The van der Waals surface area contributed by atoms with E-state index >= 15 is 0 Å². The minimum absolute atomic E-state index is 0.115. The average molecular weight is 347 g/mol. The van der Waals surface area contributed by atoms with E-state index in [1.54, 1.807) is 4.68 Å². The molecule has 4 rings (SSSR count). The summed E-state index contributed by atoms with van der Waals surface area (Å²) < 4.78 is 3.69. The first-order valence-electron chi connectivity index (χ1n) is 8.40. The molecule has 2 fully saturated rings. The van der Waals surface area contributed by atoms with Crippen LogP contribution in [-0.2, 0) is 11.8 Å². The number of tetrazole rings is 1. The molecule has 128 valence electrons. The number of rotatable bonds is 4. The lowest BCUT2D eigenvalue weighted by atomic mass is 10.3. The van der Waals surface area contributed by atoms with Gasteiger partial charge in [-0.25, -0.2) is 4.68 Å². The van der Waals surface area contributed by atoms with E-state index in [-0.39, 0.29) is 11.2 Å². The molecule has 24 heavy (non-hydrogen) atoms. The van der Waals surface area contributed by atoms with Crippen LogP contribution < -0.4 is 4.90 Å². The molecule has 1 atom stereocenters. The minimum Gasteiger partial charge on any atom is -0.296 e. The molecule has 1 aliphatic carbocycles. The summed E-state index contributed by atoms with van der Waals surface area (Å²) in [5.41, 5.74) is 0.918. The first-order valence-corrected chi connectivity index (χ1v) is 9.28. The van der Waals surface area contributed by atoms with Gasteiger partial charge in [-0.05, 0) is 36.6 Å². The fourth-order valence-electron chi connectivity index (χ4n) is 3.61. The SMILES string of the molecule is Cc1cc(N2CC[C@@H](Sc3nnnn3C3CCCC3)C2=O)n(C)n1. The van der Waals surface area contributed by atoms with Gasteiger partial charge in [0.15, 0.2) is 0 Å². The van der Waals surface area contributed by atoms with Gasteiger partial charge in [-0.2, -0.15) is 5.10 Å². The summed E-state index contributed by atoms with van der Waals surface area (Å²) in [6, 6.07) is 2.34. The summed E-state index contributed by atoms with van der Waals surface area (Å²) in [4.78, 5) is 14.6. The van der Waals surface area contributed by atoms with Crippen molar-refractivity contribution >= 4 is 23.5 Å². The lowest BCUT2D eigenvalue weighted by Crippen LogP contribution is -2.30. The summed E-state index contributed by atoms with van der Waals surface area (Å²) in [5.74, 6) is 0.972. The third kappa shape index (κ3) is 2.70. The molecule has 1 saturated carbocycles. The molecule has 0 spiro atoms. The van der Waals surface area contributed by atoms with Gasteiger partial charge in [0.05, 0.1) is 17.0 Å². The highest BCUT2D eigenvalue weighted by molar-refractivity contribution is 8.00. The normalized spacial score (nSPS) is 22.0. The molecule has 1 aliphatic heterocycles. The molecule has 0 aromatic carbocycles. The Morgan fingerprint density at radius 3 is 2.75 bits per heavy atom. The van der Waals surface area contributed by atoms with E-state index in [0.717, 1.165) is 35.9 Å². The Bertz CT molecular complexity index is 749. The average Bonchev–Trinajstić information content (AvgIpc) is 3.30. The van der Waals surface area contributed by atoms with Gasteiger partial charge in [0.25, 0.3) is 0 Å². The second kappa shape index (κ2) is 6.19. The molecule has 0 N–H and O–H groups in total. The highest BCUT2D eigenvalue weighted by Gasteiger charge is 2.36. The van der Waals surface area contributed by atoms with Crippen molar-refractivity contribution in [3.63, 3.8) is 0 Å². The number of carbonyl (C=O) groups excluding carboxylic acids is 1. The molecular weight excluding hydrogens is 326 g/mol. The Morgan fingerprint density at radius 1 is 1.25 bits per heavy atom. The second-order valence-corrected chi connectivity index (χ2v) is 7.67. The van der Waals surface area contributed by atoms with Crippen molar-refractivity contribution in [3.8, 4) is 0 Å². The van der Waals surface area contributed by atoms with Crippen LogP contribution in [0.25, 0.3) is 0 Å². The monoisotopic (exact) mass is 347 g/mol. The van der Waals surface area contributed by atoms with Crippen molar-refractivity contribution < 1.29 is 4.79 Å². The van der Waals surface area contributed by atoms with Crippen LogP contribution in [0.5, 0.6) is 0 Å². The summed E-state index contributed by atoms with van der Waals surface area (Å²) >= 11 is 1.50. The van der Waals surface area contributed by atoms with Gasteiger partial charge in [0.1, 0.15) is 5.82 Å². The van der Waals surface area contributed by atoms with E-state index in [1.807, 2.05) is 29.6 Å². The smallest absolute Gasteiger partial charge is 0.241 e. The van der Waals surface area contributed by atoms with Crippen molar-refractivity contribution in [1.82, 2.24) is 30.0 Å². The van der Waals surface area contributed by atoms with E-state index in [4.69, 9.17) is 0 Å². The Labute approximate surface area is 144 Å². The van der Waals surface area contributed by atoms with Gasteiger partial charge >= 0.3 is 0 Å². The first kappa shape index (κ1) is 15.6. The molecule has 0 bridgehead atoms. The van der Waals surface area contributed by atoms with Crippen LogP contribution in [0.4, 0.5) is 5.82 Å². The number of carbonyl (C=O) groups is 1. The number of thioether (sulfide) groups is 1. The number of amides is 1. The summed E-state index contributed by atoms with van der Waals surface area (Å²) in [5, 5.41) is 17.1. The Hall–Kier alpha value is -1.90. The standard InChI is InChI=1S/C15H21N7OS/c1-10-9-13(20(2)17-10)21-8-7-12(14(21)23)24-15-16-18-19-22(15)11-5-3-4-6-11/h9,11-12H,3-8H2,1-2H3/t12-/m1/s1. The number of aromatic nitrogens is 6. The Balaban J connectivity index is 1.50. The molecule has 2 aromatic rings. The number of hydrogen-bond donors (Lipinski definition) is 0. The predicted octanol–water partition coefficient (Wildman–Crippen LogP) is 1.73. The Kier molecular flexibility index (Phi) is 4.03. The Morgan fingerprint density at radius 2 is 2.04 bits per heavy atom. The van der Waals surface area contributed by atoms with Gasteiger partial charge in [-0.15, -0.1) is 5.10 Å². The van der Waals surface area contributed by atoms with Crippen molar-refractivity contribution in [2.45, 2.75) is 55.5 Å². The van der Waals surface area contributed by atoms with Crippen molar-refractivity contribution in [2.75, 3.05) is 11.4 Å². The summed E-state index contributed by atoms with van der Waals surface area (Å²) in [6.07, 6.45) is 5.50. The van der Waals surface area contributed by atoms with Gasteiger partial charge in [-0.3, -0.25) is 14.4 Å². The zero-order valence-corrected chi connectivity index (χ0v) is 14.7. The first-order chi connectivity index (χ1) is 11.6. The zero-order valence-electron chi connectivity index (χ0n) is 13.9. The van der Waals surface area contributed by atoms with Crippen molar-refractivity contribution in [2.24, 2.45) is 7.05 Å². The largest absolute Gasteiger partial charge is 0.296 e. The molecule has 2 aromatic heterocycles.